The summed E-state index contributed by atoms with van der Waals surface area (Å²) < 4.78 is 0. The van der Waals surface area contributed by atoms with Crippen molar-refractivity contribution in [1.82, 2.24) is 15.5 Å². The normalized spacial score (nSPS) is 11.2. The average molecular weight is 333 g/mol. The zero-order chi connectivity index (χ0) is 17.2. The van der Waals surface area contributed by atoms with Gasteiger partial charge in [-0.3, -0.25) is 4.79 Å². The highest BCUT2D eigenvalue weighted by molar-refractivity contribution is 6.33. The molecule has 2 N–H and O–H groups in total. The number of carbonyl (C=O) groups excluding carboxylic acids is 1. The lowest BCUT2D eigenvalue weighted by Gasteiger charge is -2.19. The van der Waals surface area contributed by atoms with Gasteiger partial charge in [0, 0.05) is 5.54 Å². The topological polar surface area (TPSA) is 66.9 Å². The molecule has 23 heavy (non-hydrogen) atoms. The monoisotopic (exact) mass is 332 g/mol. The molecule has 1 amide bonds. The SMILES string of the molecule is Cc1cc(C)c(Nc2ccc(C(=O)NC(C)(C)C)nn2)c(Cl)c1. The molecule has 0 aliphatic carbocycles. The minimum absolute atomic E-state index is 0.249. The predicted molar refractivity (Wildman–Crippen MR) is 93.5 cm³/mol. The summed E-state index contributed by atoms with van der Waals surface area (Å²) in [6.45, 7) is 9.70. The second-order valence-corrected chi connectivity index (χ2v) is 6.98. The van der Waals surface area contributed by atoms with Crippen LogP contribution in [-0.2, 0) is 0 Å². The minimum atomic E-state index is -0.317. The Kier molecular flexibility index (Phi) is 4.90. The van der Waals surface area contributed by atoms with Gasteiger partial charge in [0.1, 0.15) is 0 Å². The maximum Gasteiger partial charge on any atom is 0.272 e. The van der Waals surface area contributed by atoms with Crippen LogP contribution in [0.1, 0.15) is 42.4 Å². The third kappa shape index (κ3) is 4.66. The van der Waals surface area contributed by atoms with Crippen LogP contribution >= 0.6 is 11.6 Å². The molecule has 2 aromatic rings. The number of amides is 1. The van der Waals surface area contributed by atoms with Crippen molar-refractivity contribution in [2.75, 3.05) is 5.32 Å². The van der Waals surface area contributed by atoms with E-state index in [2.05, 4.69) is 20.8 Å². The van der Waals surface area contributed by atoms with Crippen LogP contribution in [-0.4, -0.2) is 21.6 Å². The van der Waals surface area contributed by atoms with Gasteiger partial charge in [-0.1, -0.05) is 17.7 Å². The first-order valence-corrected chi connectivity index (χ1v) is 7.73. The zero-order valence-corrected chi connectivity index (χ0v) is 14.7. The summed E-state index contributed by atoms with van der Waals surface area (Å²) in [7, 11) is 0. The number of hydrogen-bond acceptors (Lipinski definition) is 4. The number of halogens is 1. The molecule has 6 heteroatoms. The van der Waals surface area contributed by atoms with Gasteiger partial charge < -0.3 is 10.6 Å². The second kappa shape index (κ2) is 6.54. The lowest BCUT2D eigenvalue weighted by molar-refractivity contribution is 0.0913. The van der Waals surface area contributed by atoms with E-state index in [1.54, 1.807) is 12.1 Å². The second-order valence-electron chi connectivity index (χ2n) is 6.57. The van der Waals surface area contributed by atoms with Crippen molar-refractivity contribution >= 4 is 29.0 Å². The lowest BCUT2D eigenvalue weighted by Crippen LogP contribution is -2.41. The third-order valence-electron chi connectivity index (χ3n) is 3.07. The van der Waals surface area contributed by atoms with Crippen molar-refractivity contribution in [3.63, 3.8) is 0 Å². The summed E-state index contributed by atoms with van der Waals surface area (Å²) in [6, 6.07) is 7.26. The molecule has 2 rings (SSSR count). The van der Waals surface area contributed by atoms with E-state index < -0.39 is 0 Å². The van der Waals surface area contributed by atoms with E-state index in [4.69, 9.17) is 11.6 Å². The molecule has 0 saturated heterocycles. The summed E-state index contributed by atoms with van der Waals surface area (Å²) in [5.74, 6) is 0.285. The van der Waals surface area contributed by atoms with Gasteiger partial charge in [0.05, 0.1) is 10.7 Å². The number of aromatic nitrogens is 2. The van der Waals surface area contributed by atoms with Crippen LogP contribution < -0.4 is 10.6 Å². The fourth-order valence-electron chi connectivity index (χ4n) is 2.13. The van der Waals surface area contributed by atoms with E-state index in [-0.39, 0.29) is 17.1 Å². The van der Waals surface area contributed by atoms with Crippen molar-refractivity contribution in [3.8, 4) is 0 Å². The maximum absolute atomic E-state index is 12.0. The van der Waals surface area contributed by atoms with E-state index in [1.165, 1.54) is 0 Å². The highest BCUT2D eigenvalue weighted by Gasteiger charge is 2.16. The molecule has 1 aromatic heterocycles. The molecule has 0 aliphatic rings. The number of hydrogen-bond donors (Lipinski definition) is 2. The molecule has 0 radical (unpaired) electrons. The quantitative estimate of drug-likeness (QED) is 0.890. The highest BCUT2D eigenvalue weighted by Crippen LogP contribution is 2.29. The Morgan fingerprint density at radius 3 is 2.35 bits per heavy atom. The molecule has 0 unspecified atom stereocenters. The number of nitrogens with zero attached hydrogens (tertiary/aromatic N) is 2. The summed E-state index contributed by atoms with van der Waals surface area (Å²) >= 11 is 6.26. The van der Waals surface area contributed by atoms with E-state index in [0.29, 0.717) is 10.8 Å². The molecule has 0 aliphatic heterocycles. The highest BCUT2D eigenvalue weighted by atomic mass is 35.5. The maximum atomic E-state index is 12.0. The largest absolute Gasteiger partial charge is 0.346 e. The fourth-order valence-corrected chi connectivity index (χ4v) is 2.50. The Hall–Kier alpha value is -2.14. The molecule has 0 fully saturated rings. The Morgan fingerprint density at radius 1 is 1.13 bits per heavy atom. The Morgan fingerprint density at radius 2 is 1.83 bits per heavy atom. The summed E-state index contributed by atoms with van der Waals surface area (Å²) in [5, 5.41) is 14.6. The van der Waals surface area contributed by atoms with E-state index in [1.807, 2.05) is 46.8 Å². The molecule has 5 nitrogen and oxygen atoms in total. The first-order valence-electron chi connectivity index (χ1n) is 7.36. The van der Waals surface area contributed by atoms with Crippen molar-refractivity contribution < 1.29 is 4.79 Å². The van der Waals surface area contributed by atoms with Gasteiger partial charge in [0.2, 0.25) is 0 Å². The van der Waals surface area contributed by atoms with Gasteiger partial charge in [0.15, 0.2) is 11.5 Å². The molecule has 0 saturated carbocycles. The van der Waals surface area contributed by atoms with E-state index in [9.17, 15) is 4.79 Å². The summed E-state index contributed by atoms with van der Waals surface area (Å²) in [4.78, 5) is 12.0. The Balaban J connectivity index is 2.16. The average Bonchev–Trinajstić information content (AvgIpc) is 2.41. The van der Waals surface area contributed by atoms with Gasteiger partial charge in [0.25, 0.3) is 5.91 Å². The van der Waals surface area contributed by atoms with Crippen LogP contribution in [0.2, 0.25) is 5.02 Å². The van der Waals surface area contributed by atoms with Crippen LogP contribution in [0.5, 0.6) is 0 Å². The van der Waals surface area contributed by atoms with E-state index in [0.717, 1.165) is 16.8 Å². The molecule has 1 aromatic carbocycles. The van der Waals surface area contributed by atoms with Crippen LogP contribution in [0.3, 0.4) is 0 Å². The molecular weight excluding hydrogens is 312 g/mol. The van der Waals surface area contributed by atoms with Crippen LogP contribution in [0.15, 0.2) is 24.3 Å². The first kappa shape index (κ1) is 17.2. The van der Waals surface area contributed by atoms with Crippen molar-refractivity contribution in [2.24, 2.45) is 0 Å². The molecule has 1 heterocycles. The number of benzene rings is 1. The molecule has 122 valence electrons. The number of carbonyl (C=O) groups is 1. The Labute approximate surface area is 141 Å². The van der Waals surface area contributed by atoms with Crippen molar-refractivity contribution in [2.45, 2.75) is 40.2 Å². The fraction of sp³-hybridized carbons (Fsp3) is 0.353. The summed E-state index contributed by atoms with van der Waals surface area (Å²) in [5.41, 5.74) is 2.86. The summed E-state index contributed by atoms with van der Waals surface area (Å²) in [6.07, 6.45) is 0. The van der Waals surface area contributed by atoms with Crippen LogP contribution in [0.4, 0.5) is 11.5 Å². The van der Waals surface area contributed by atoms with Crippen molar-refractivity contribution in [3.05, 3.63) is 46.1 Å². The lowest BCUT2D eigenvalue weighted by atomic mass is 10.1. The molecule has 0 bridgehead atoms. The van der Waals surface area contributed by atoms with Gasteiger partial charge in [-0.15, -0.1) is 10.2 Å². The smallest absolute Gasteiger partial charge is 0.272 e. The number of anilines is 2. The van der Waals surface area contributed by atoms with Crippen LogP contribution in [0, 0.1) is 13.8 Å². The Bertz CT molecular complexity index is 697. The minimum Gasteiger partial charge on any atom is -0.346 e. The number of nitrogens with one attached hydrogen (secondary N) is 2. The zero-order valence-electron chi connectivity index (χ0n) is 14.0. The van der Waals surface area contributed by atoms with Crippen LogP contribution in [0.25, 0.3) is 0 Å². The standard InChI is InChI=1S/C17H21ClN4O/c1-10-8-11(2)15(12(18)9-10)19-14-7-6-13(21-22-14)16(23)20-17(3,4)5/h6-9H,1-5H3,(H,19,22)(H,20,23). The molecule has 0 spiro atoms. The van der Waals surface area contributed by atoms with Gasteiger partial charge in [-0.05, 0) is 63.9 Å². The number of rotatable bonds is 3. The first-order chi connectivity index (χ1) is 10.7. The third-order valence-corrected chi connectivity index (χ3v) is 3.37. The van der Waals surface area contributed by atoms with Gasteiger partial charge in [-0.2, -0.15) is 0 Å². The molecule has 0 atom stereocenters. The van der Waals surface area contributed by atoms with Gasteiger partial charge >= 0.3 is 0 Å². The van der Waals surface area contributed by atoms with Gasteiger partial charge in [-0.25, -0.2) is 0 Å². The number of aryl methyl sites for hydroxylation is 2. The predicted octanol–water partition coefficient (Wildman–Crippen LogP) is 4.02. The van der Waals surface area contributed by atoms with E-state index >= 15 is 0 Å². The molecular formula is C17H21ClN4O. The van der Waals surface area contributed by atoms with Crippen molar-refractivity contribution in [1.29, 1.82) is 0 Å².